The molecule has 1 aromatic carbocycles. The SMILES string of the molecule is CNC1CC2(CCSC2)Oc2ccccc21. The predicted octanol–water partition coefficient (Wildman–Crippen LogP) is 2.61. The van der Waals surface area contributed by atoms with Gasteiger partial charge >= 0.3 is 0 Å². The van der Waals surface area contributed by atoms with E-state index in [1.807, 2.05) is 18.8 Å². The Balaban J connectivity index is 1.98. The maximum atomic E-state index is 6.25. The van der Waals surface area contributed by atoms with Gasteiger partial charge in [0.15, 0.2) is 0 Å². The Morgan fingerprint density at radius 1 is 1.44 bits per heavy atom. The van der Waals surface area contributed by atoms with Gasteiger partial charge in [-0.25, -0.2) is 0 Å². The van der Waals surface area contributed by atoms with E-state index in [0.717, 1.165) is 17.9 Å². The monoisotopic (exact) mass is 235 g/mol. The highest BCUT2D eigenvalue weighted by Crippen LogP contribution is 2.45. The zero-order valence-corrected chi connectivity index (χ0v) is 10.3. The van der Waals surface area contributed by atoms with Crippen molar-refractivity contribution in [3.05, 3.63) is 29.8 Å². The van der Waals surface area contributed by atoms with Gasteiger partial charge < -0.3 is 10.1 Å². The van der Waals surface area contributed by atoms with E-state index in [-0.39, 0.29) is 5.60 Å². The van der Waals surface area contributed by atoms with Gasteiger partial charge in [0.25, 0.3) is 0 Å². The summed E-state index contributed by atoms with van der Waals surface area (Å²) in [5.74, 6) is 3.45. The summed E-state index contributed by atoms with van der Waals surface area (Å²) < 4.78 is 6.25. The standard InChI is InChI=1S/C13H17NOS/c1-14-11-8-13(6-7-16-9-13)15-12-5-3-2-4-10(11)12/h2-5,11,14H,6-9H2,1H3. The van der Waals surface area contributed by atoms with Crippen LogP contribution in [0.4, 0.5) is 0 Å². The van der Waals surface area contributed by atoms with E-state index in [4.69, 9.17) is 4.74 Å². The molecule has 1 saturated heterocycles. The molecule has 1 N–H and O–H groups in total. The van der Waals surface area contributed by atoms with Crippen LogP contribution in [0, 0.1) is 0 Å². The second-order valence-corrected chi connectivity index (χ2v) is 5.78. The van der Waals surface area contributed by atoms with Gasteiger partial charge in [0.1, 0.15) is 11.4 Å². The molecular formula is C13H17NOS. The Labute approximate surface area is 101 Å². The van der Waals surface area contributed by atoms with E-state index >= 15 is 0 Å². The van der Waals surface area contributed by atoms with Gasteiger partial charge in [0.2, 0.25) is 0 Å². The number of nitrogens with one attached hydrogen (secondary N) is 1. The van der Waals surface area contributed by atoms with E-state index in [9.17, 15) is 0 Å². The number of rotatable bonds is 1. The highest BCUT2D eigenvalue weighted by molar-refractivity contribution is 7.99. The third kappa shape index (κ3) is 1.62. The lowest BCUT2D eigenvalue weighted by Crippen LogP contribution is -2.43. The Hall–Kier alpha value is -0.670. The molecule has 86 valence electrons. The number of ether oxygens (including phenoxy) is 1. The molecule has 3 heteroatoms. The van der Waals surface area contributed by atoms with Crippen LogP contribution >= 0.6 is 11.8 Å². The van der Waals surface area contributed by atoms with Crippen LogP contribution in [-0.2, 0) is 0 Å². The fourth-order valence-electron chi connectivity index (χ4n) is 2.71. The summed E-state index contributed by atoms with van der Waals surface area (Å²) >= 11 is 2.01. The van der Waals surface area contributed by atoms with Crippen molar-refractivity contribution in [1.82, 2.24) is 5.32 Å². The summed E-state index contributed by atoms with van der Waals surface area (Å²) in [6.07, 6.45) is 2.29. The van der Waals surface area contributed by atoms with Crippen LogP contribution in [0.3, 0.4) is 0 Å². The molecule has 0 saturated carbocycles. The Morgan fingerprint density at radius 2 is 2.31 bits per heavy atom. The molecule has 2 atom stereocenters. The van der Waals surface area contributed by atoms with Crippen LogP contribution in [-0.4, -0.2) is 24.2 Å². The largest absolute Gasteiger partial charge is 0.486 e. The van der Waals surface area contributed by atoms with E-state index in [2.05, 4.69) is 29.6 Å². The fourth-order valence-corrected chi connectivity index (χ4v) is 4.06. The average Bonchev–Trinajstić information content (AvgIpc) is 2.76. The Morgan fingerprint density at radius 3 is 3.06 bits per heavy atom. The quantitative estimate of drug-likeness (QED) is 0.808. The van der Waals surface area contributed by atoms with E-state index in [1.165, 1.54) is 17.7 Å². The van der Waals surface area contributed by atoms with Crippen molar-refractivity contribution in [3.8, 4) is 5.75 Å². The van der Waals surface area contributed by atoms with Crippen LogP contribution in [0.1, 0.15) is 24.4 Å². The second kappa shape index (κ2) is 3.97. The van der Waals surface area contributed by atoms with Crippen molar-refractivity contribution >= 4 is 11.8 Å². The lowest BCUT2D eigenvalue weighted by atomic mass is 9.87. The maximum absolute atomic E-state index is 6.25. The van der Waals surface area contributed by atoms with Crippen molar-refractivity contribution in [2.24, 2.45) is 0 Å². The molecule has 1 fully saturated rings. The topological polar surface area (TPSA) is 21.3 Å². The number of para-hydroxylation sites is 1. The molecule has 16 heavy (non-hydrogen) atoms. The molecule has 0 amide bonds. The Bertz CT molecular complexity index is 387. The number of benzene rings is 1. The molecule has 1 spiro atoms. The van der Waals surface area contributed by atoms with E-state index in [1.54, 1.807) is 0 Å². The highest BCUT2D eigenvalue weighted by Gasteiger charge is 2.42. The van der Waals surface area contributed by atoms with Crippen molar-refractivity contribution in [3.63, 3.8) is 0 Å². The third-order valence-electron chi connectivity index (χ3n) is 3.61. The first-order valence-corrected chi connectivity index (χ1v) is 7.01. The van der Waals surface area contributed by atoms with Gasteiger partial charge in [0.05, 0.1) is 0 Å². The van der Waals surface area contributed by atoms with E-state index < -0.39 is 0 Å². The van der Waals surface area contributed by atoms with Crippen LogP contribution in [0.15, 0.2) is 24.3 Å². The zero-order valence-electron chi connectivity index (χ0n) is 9.53. The van der Waals surface area contributed by atoms with Crippen molar-refractivity contribution in [1.29, 1.82) is 0 Å². The number of fused-ring (bicyclic) bond motifs is 1. The van der Waals surface area contributed by atoms with Crippen molar-refractivity contribution in [2.75, 3.05) is 18.6 Å². The first-order valence-electron chi connectivity index (χ1n) is 5.86. The zero-order chi connectivity index (χ0) is 11.0. The van der Waals surface area contributed by atoms with Gasteiger partial charge in [-0.15, -0.1) is 0 Å². The first kappa shape index (κ1) is 10.5. The molecule has 0 aromatic heterocycles. The van der Waals surface area contributed by atoms with Crippen molar-refractivity contribution < 1.29 is 4.74 Å². The smallest absolute Gasteiger partial charge is 0.124 e. The van der Waals surface area contributed by atoms with Crippen molar-refractivity contribution in [2.45, 2.75) is 24.5 Å². The predicted molar refractivity (Wildman–Crippen MR) is 68.2 cm³/mol. The minimum Gasteiger partial charge on any atom is -0.486 e. The third-order valence-corrected chi connectivity index (χ3v) is 4.84. The number of thioether (sulfide) groups is 1. The molecule has 0 radical (unpaired) electrons. The van der Waals surface area contributed by atoms with Crippen LogP contribution in [0.25, 0.3) is 0 Å². The van der Waals surface area contributed by atoms with Crippen LogP contribution in [0.2, 0.25) is 0 Å². The first-order chi connectivity index (χ1) is 7.83. The molecule has 2 aliphatic rings. The molecule has 0 bridgehead atoms. The van der Waals surface area contributed by atoms with Gasteiger partial charge in [0, 0.05) is 23.8 Å². The summed E-state index contributed by atoms with van der Waals surface area (Å²) in [6.45, 7) is 0. The number of hydrogen-bond acceptors (Lipinski definition) is 3. The molecule has 2 heterocycles. The normalized spacial score (nSPS) is 32.4. The summed E-state index contributed by atoms with van der Waals surface area (Å²) in [6, 6.07) is 8.87. The minimum atomic E-state index is 0.0900. The molecule has 1 aromatic rings. The molecule has 2 nitrogen and oxygen atoms in total. The second-order valence-electron chi connectivity index (χ2n) is 4.67. The van der Waals surface area contributed by atoms with Gasteiger partial charge in [-0.2, -0.15) is 11.8 Å². The molecule has 2 unspecified atom stereocenters. The lowest BCUT2D eigenvalue weighted by molar-refractivity contribution is 0.0565. The minimum absolute atomic E-state index is 0.0900. The molecule has 2 aliphatic heterocycles. The average molecular weight is 235 g/mol. The molecule has 3 rings (SSSR count). The van der Waals surface area contributed by atoms with E-state index in [0.29, 0.717) is 6.04 Å². The number of hydrogen-bond donors (Lipinski definition) is 1. The fraction of sp³-hybridized carbons (Fsp3) is 0.538. The Kier molecular flexibility index (Phi) is 2.60. The van der Waals surface area contributed by atoms with Crippen LogP contribution < -0.4 is 10.1 Å². The summed E-state index contributed by atoms with van der Waals surface area (Å²) in [7, 11) is 2.04. The van der Waals surface area contributed by atoms with Gasteiger partial charge in [-0.3, -0.25) is 0 Å². The summed E-state index contributed by atoms with van der Waals surface area (Å²) in [5, 5.41) is 3.42. The summed E-state index contributed by atoms with van der Waals surface area (Å²) in [4.78, 5) is 0. The highest BCUT2D eigenvalue weighted by atomic mass is 32.2. The lowest BCUT2D eigenvalue weighted by Gasteiger charge is -2.39. The maximum Gasteiger partial charge on any atom is 0.124 e. The molecule has 0 aliphatic carbocycles. The van der Waals surface area contributed by atoms with Gasteiger partial charge in [-0.05, 0) is 25.3 Å². The molecular weight excluding hydrogens is 218 g/mol. The van der Waals surface area contributed by atoms with Crippen LogP contribution in [0.5, 0.6) is 5.75 Å². The van der Waals surface area contributed by atoms with Gasteiger partial charge in [-0.1, -0.05) is 18.2 Å². The summed E-state index contributed by atoms with van der Waals surface area (Å²) in [5.41, 5.74) is 1.40.